The molecule has 6 heteroatoms. The molecule has 3 aromatic rings. The van der Waals surface area contributed by atoms with Crippen molar-refractivity contribution in [3.05, 3.63) is 53.6 Å². The molecule has 2 aromatic heterocycles. The Morgan fingerprint density at radius 3 is 2.65 bits per heavy atom. The molecular formula is C20H26N4OS. The summed E-state index contributed by atoms with van der Waals surface area (Å²) in [4.78, 5) is 20.6. The summed E-state index contributed by atoms with van der Waals surface area (Å²) in [5.41, 5.74) is 4.31. The predicted molar refractivity (Wildman–Crippen MR) is 108 cm³/mol. The molecule has 0 saturated carbocycles. The Morgan fingerprint density at radius 1 is 1.23 bits per heavy atom. The Morgan fingerprint density at radius 2 is 1.96 bits per heavy atom. The van der Waals surface area contributed by atoms with Gasteiger partial charge >= 0.3 is 0 Å². The van der Waals surface area contributed by atoms with Crippen molar-refractivity contribution in [1.29, 1.82) is 0 Å². The fourth-order valence-electron chi connectivity index (χ4n) is 3.18. The monoisotopic (exact) mass is 370 g/mol. The minimum absolute atomic E-state index is 0.0593. The molecule has 2 N–H and O–H groups in total. The number of hydrogen-bond donors (Lipinski definition) is 2. The molecule has 1 atom stereocenters. The van der Waals surface area contributed by atoms with Gasteiger partial charge in [0.25, 0.3) is 0 Å². The van der Waals surface area contributed by atoms with Crippen molar-refractivity contribution in [3.63, 3.8) is 0 Å². The van der Waals surface area contributed by atoms with Gasteiger partial charge in [0.15, 0.2) is 0 Å². The maximum atomic E-state index is 12.6. The van der Waals surface area contributed by atoms with Gasteiger partial charge in [0.2, 0.25) is 5.91 Å². The van der Waals surface area contributed by atoms with E-state index in [1.54, 1.807) is 11.8 Å². The summed E-state index contributed by atoms with van der Waals surface area (Å²) in [5.74, 6) is 1.86. The second-order valence-corrected chi connectivity index (χ2v) is 7.54. The fraction of sp³-hybridized carbons (Fsp3) is 0.400. The smallest absolute Gasteiger partial charge is 0.222 e. The number of aryl methyl sites for hydroxylation is 2. The Hall–Kier alpha value is -2.21. The highest BCUT2D eigenvalue weighted by atomic mass is 32.2. The van der Waals surface area contributed by atoms with Crippen molar-refractivity contribution in [2.75, 3.05) is 12.0 Å². The number of H-pyrrole nitrogens is 1. The number of benzene rings is 1. The predicted octanol–water partition coefficient (Wildman–Crippen LogP) is 3.98. The Balaban J connectivity index is 1.68. The van der Waals surface area contributed by atoms with Crippen molar-refractivity contribution >= 4 is 28.7 Å². The van der Waals surface area contributed by atoms with Crippen LogP contribution < -0.4 is 5.32 Å². The molecule has 0 spiro atoms. The molecule has 1 aromatic carbocycles. The van der Waals surface area contributed by atoms with Gasteiger partial charge in [-0.25, -0.2) is 4.98 Å². The largest absolute Gasteiger partial charge is 0.349 e. The summed E-state index contributed by atoms with van der Waals surface area (Å²) in [6.45, 7) is 4.84. The van der Waals surface area contributed by atoms with Crippen LogP contribution in [-0.2, 0) is 11.3 Å². The first kappa shape index (κ1) is 18.6. The number of aromatic nitrogens is 3. The molecule has 0 aliphatic carbocycles. The van der Waals surface area contributed by atoms with Gasteiger partial charge < -0.3 is 14.9 Å². The molecule has 0 saturated heterocycles. The standard InChI is InChI=1S/C20H26N4OS/c1-14-8-9-15(2)24(14)12-10-19(25)21-18(11-13-26-3)20-22-16-6-4-5-7-17(16)23-20/h4-9,18H,10-13H2,1-3H3,(H,21,25)(H,22,23)/t18-/m1/s1. The van der Waals surface area contributed by atoms with Crippen molar-refractivity contribution in [1.82, 2.24) is 19.9 Å². The number of fused-ring (bicyclic) bond motifs is 1. The summed E-state index contributed by atoms with van der Waals surface area (Å²) >= 11 is 1.78. The third kappa shape index (κ3) is 4.30. The van der Waals surface area contributed by atoms with E-state index in [0.29, 0.717) is 13.0 Å². The van der Waals surface area contributed by atoms with Crippen LogP contribution >= 0.6 is 11.8 Å². The number of hydrogen-bond acceptors (Lipinski definition) is 3. The third-order valence-corrected chi connectivity index (χ3v) is 5.31. The van der Waals surface area contributed by atoms with Crippen LogP contribution in [0.5, 0.6) is 0 Å². The molecule has 0 aliphatic heterocycles. The zero-order valence-corrected chi connectivity index (χ0v) is 16.4. The quantitative estimate of drug-likeness (QED) is 0.630. The lowest BCUT2D eigenvalue weighted by molar-refractivity contribution is -0.122. The van der Waals surface area contributed by atoms with Crippen LogP contribution in [0.25, 0.3) is 11.0 Å². The van der Waals surface area contributed by atoms with Gasteiger partial charge in [0.05, 0.1) is 17.1 Å². The average Bonchev–Trinajstić information content (AvgIpc) is 3.20. The zero-order valence-electron chi connectivity index (χ0n) is 15.6. The SMILES string of the molecule is CSCC[C@@H](NC(=O)CCn1c(C)ccc1C)c1nc2ccccc2[nH]1. The van der Waals surface area contributed by atoms with Crippen molar-refractivity contribution < 1.29 is 4.79 Å². The number of carbonyl (C=O) groups excluding carboxylic acids is 1. The number of rotatable bonds is 8. The topological polar surface area (TPSA) is 62.7 Å². The Labute approximate surface area is 158 Å². The number of para-hydroxylation sites is 2. The van der Waals surface area contributed by atoms with Gasteiger partial charge in [-0.1, -0.05) is 12.1 Å². The first-order valence-electron chi connectivity index (χ1n) is 8.94. The van der Waals surface area contributed by atoms with Crippen molar-refractivity contribution in [3.8, 4) is 0 Å². The molecule has 0 aliphatic rings. The molecule has 0 radical (unpaired) electrons. The number of nitrogens with zero attached hydrogens (tertiary/aromatic N) is 2. The van der Waals surface area contributed by atoms with E-state index < -0.39 is 0 Å². The summed E-state index contributed by atoms with van der Waals surface area (Å²) in [7, 11) is 0. The normalized spacial score (nSPS) is 12.4. The van der Waals surface area contributed by atoms with Gasteiger partial charge in [0.1, 0.15) is 5.82 Å². The van der Waals surface area contributed by atoms with Crippen molar-refractivity contribution in [2.45, 2.75) is 39.3 Å². The molecular weight excluding hydrogens is 344 g/mol. The van der Waals surface area contributed by atoms with Crippen LogP contribution in [0.4, 0.5) is 0 Å². The zero-order chi connectivity index (χ0) is 18.5. The van der Waals surface area contributed by atoms with Crippen LogP contribution in [0.1, 0.15) is 36.1 Å². The van der Waals surface area contributed by atoms with Gasteiger partial charge in [-0.15, -0.1) is 0 Å². The lowest BCUT2D eigenvalue weighted by Crippen LogP contribution is -2.30. The van der Waals surface area contributed by atoms with Crippen LogP contribution in [-0.4, -0.2) is 32.5 Å². The van der Waals surface area contributed by atoms with E-state index in [4.69, 9.17) is 0 Å². The van der Waals surface area contributed by atoms with Gasteiger partial charge in [-0.3, -0.25) is 4.79 Å². The van der Waals surface area contributed by atoms with Gasteiger partial charge in [-0.2, -0.15) is 11.8 Å². The maximum absolute atomic E-state index is 12.6. The molecule has 26 heavy (non-hydrogen) atoms. The van der Waals surface area contributed by atoms with E-state index in [0.717, 1.165) is 29.0 Å². The summed E-state index contributed by atoms with van der Waals surface area (Å²) in [6.07, 6.45) is 3.40. The highest BCUT2D eigenvalue weighted by Gasteiger charge is 2.18. The Kier molecular flexibility index (Phi) is 6.04. The molecule has 0 fully saturated rings. The first-order chi connectivity index (χ1) is 12.6. The van der Waals surface area contributed by atoms with E-state index in [9.17, 15) is 4.79 Å². The lowest BCUT2D eigenvalue weighted by Gasteiger charge is -2.17. The number of amides is 1. The summed E-state index contributed by atoms with van der Waals surface area (Å²) in [6, 6.07) is 12.0. The number of aromatic amines is 1. The Bertz CT molecular complexity index is 830. The molecule has 138 valence electrons. The molecule has 0 bridgehead atoms. The lowest BCUT2D eigenvalue weighted by atomic mass is 10.2. The van der Waals surface area contributed by atoms with Crippen LogP contribution in [0, 0.1) is 13.8 Å². The number of thioether (sulfide) groups is 1. The van der Waals surface area contributed by atoms with E-state index in [-0.39, 0.29) is 11.9 Å². The molecule has 5 nitrogen and oxygen atoms in total. The summed E-state index contributed by atoms with van der Waals surface area (Å²) in [5, 5.41) is 3.17. The second-order valence-electron chi connectivity index (χ2n) is 6.56. The maximum Gasteiger partial charge on any atom is 0.222 e. The average molecular weight is 371 g/mol. The van der Waals surface area contributed by atoms with Crippen LogP contribution in [0.3, 0.4) is 0 Å². The van der Waals surface area contributed by atoms with Crippen LogP contribution in [0.15, 0.2) is 36.4 Å². The van der Waals surface area contributed by atoms with E-state index in [1.807, 2.05) is 24.3 Å². The van der Waals surface area contributed by atoms with E-state index in [1.165, 1.54) is 11.4 Å². The number of carbonyl (C=O) groups is 1. The van der Waals surface area contributed by atoms with Crippen molar-refractivity contribution in [2.24, 2.45) is 0 Å². The molecule has 0 unspecified atom stereocenters. The van der Waals surface area contributed by atoms with Gasteiger partial charge in [0, 0.05) is 24.4 Å². The fourth-order valence-corrected chi connectivity index (χ4v) is 3.65. The first-order valence-corrected chi connectivity index (χ1v) is 10.3. The van der Waals surface area contributed by atoms with E-state index >= 15 is 0 Å². The summed E-state index contributed by atoms with van der Waals surface area (Å²) < 4.78 is 2.18. The molecule has 2 heterocycles. The number of nitrogens with one attached hydrogen (secondary N) is 2. The van der Waals surface area contributed by atoms with Crippen LogP contribution in [0.2, 0.25) is 0 Å². The third-order valence-electron chi connectivity index (χ3n) is 4.66. The second kappa shape index (κ2) is 8.45. The van der Waals surface area contributed by atoms with Gasteiger partial charge in [-0.05, 0) is 56.5 Å². The molecule has 3 rings (SSSR count). The van der Waals surface area contributed by atoms with E-state index in [2.05, 4.69) is 52.1 Å². The highest BCUT2D eigenvalue weighted by Crippen LogP contribution is 2.20. The minimum Gasteiger partial charge on any atom is -0.349 e. The molecule has 1 amide bonds. The highest BCUT2D eigenvalue weighted by molar-refractivity contribution is 7.98. The number of imidazole rings is 1. The minimum atomic E-state index is -0.0887.